The highest BCUT2D eigenvalue weighted by molar-refractivity contribution is 7.89. The van der Waals surface area contributed by atoms with E-state index in [0.717, 1.165) is 19.3 Å². The van der Waals surface area contributed by atoms with Crippen LogP contribution in [0.3, 0.4) is 0 Å². The van der Waals surface area contributed by atoms with E-state index in [1.807, 2.05) is 11.8 Å². The molecule has 0 spiro atoms. The minimum atomic E-state index is -3.80. The van der Waals surface area contributed by atoms with Gasteiger partial charge in [0, 0.05) is 50.5 Å². The number of anilines is 1. The molecule has 180 valence electrons. The molecule has 1 amide bonds. The number of piperidine rings is 1. The van der Waals surface area contributed by atoms with Crippen molar-refractivity contribution in [1.29, 1.82) is 5.26 Å². The van der Waals surface area contributed by atoms with E-state index >= 15 is 0 Å². The van der Waals surface area contributed by atoms with Crippen LogP contribution in [0.25, 0.3) is 0 Å². The largest absolute Gasteiger partial charge is 0.495 e. The highest BCUT2D eigenvalue weighted by Crippen LogP contribution is 2.32. The van der Waals surface area contributed by atoms with Crippen molar-refractivity contribution in [3.63, 3.8) is 0 Å². The van der Waals surface area contributed by atoms with E-state index in [0.29, 0.717) is 49.7 Å². The average Bonchev–Trinajstić information content (AvgIpc) is 2.88. The number of nitrogens with zero attached hydrogens (tertiary/aromatic N) is 5. The van der Waals surface area contributed by atoms with Gasteiger partial charge in [0.15, 0.2) is 0 Å². The molecule has 1 aromatic heterocycles. The van der Waals surface area contributed by atoms with Gasteiger partial charge in [0.05, 0.1) is 12.7 Å². The lowest BCUT2D eigenvalue weighted by atomic mass is 10.1. The van der Waals surface area contributed by atoms with Crippen molar-refractivity contribution >= 4 is 21.7 Å². The second kappa shape index (κ2) is 9.99. The number of methoxy groups -OCH3 is 1. The van der Waals surface area contributed by atoms with E-state index in [-0.39, 0.29) is 22.6 Å². The minimum Gasteiger partial charge on any atom is -0.495 e. The molecule has 0 bridgehead atoms. The lowest BCUT2D eigenvalue weighted by Gasteiger charge is -2.36. The van der Waals surface area contributed by atoms with Gasteiger partial charge in [-0.25, -0.2) is 13.4 Å². The lowest BCUT2D eigenvalue weighted by Crippen LogP contribution is -2.49. The first-order valence-corrected chi connectivity index (χ1v) is 12.9. The number of ether oxygens (including phenoxy) is 1. The molecule has 1 aromatic carbocycles. The van der Waals surface area contributed by atoms with Crippen LogP contribution in [-0.2, 0) is 10.0 Å². The molecule has 34 heavy (non-hydrogen) atoms. The van der Waals surface area contributed by atoms with Crippen molar-refractivity contribution < 1.29 is 17.9 Å². The van der Waals surface area contributed by atoms with Crippen LogP contribution in [0.1, 0.15) is 42.1 Å². The monoisotopic (exact) mass is 483 g/mol. The van der Waals surface area contributed by atoms with E-state index in [2.05, 4.69) is 11.1 Å². The van der Waals surface area contributed by atoms with Crippen molar-refractivity contribution in [2.24, 2.45) is 0 Å². The molecule has 1 unspecified atom stereocenters. The molecule has 3 heterocycles. The van der Waals surface area contributed by atoms with Crippen LogP contribution in [-0.4, -0.2) is 74.4 Å². The fourth-order valence-electron chi connectivity index (χ4n) is 4.61. The Labute approximate surface area is 200 Å². The van der Waals surface area contributed by atoms with Crippen LogP contribution in [0.5, 0.6) is 5.75 Å². The highest BCUT2D eigenvalue weighted by Gasteiger charge is 2.34. The van der Waals surface area contributed by atoms with E-state index < -0.39 is 10.0 Å². The molecule has 4 rings (SSSR count). The Bertz CT molecular complexity index is 1200. The summed E-state index contributed by atoms with van der Waals surface area (Å²) < 4.78 is 33.8. The van der Waals surface area contributed by atoms with Crippen molar-refractivity contribution in [3.05, 3.63) is 47.7 Å². The van der Waals surface area contributed by atoms with Gasteiger partial charge in [-0.2, -0.15) is 9.57 Å². The third-order valence-corrected chi connectivity index (χ3v) is 8.55. The van der Waals surface area contributed by atoms with Gasteiger partial charge >= 0.3 is 0 Å². The minimum absolute atomic E-state index is 0.0281. The number of nitriles is 1. The number of pyridine rings is 1. The van der Waals surface area contributed by atoms with E-state index in [9.17, 15) is 18.5 Å². The number of carbonyl (C=O) groups excluding carboxylic acids is 1. The molecule has 2 fully saturated rings. The van der Waals surface area contributed by atoms with Crippen molar-refractivity contribution in [3.8, 4) is 11.8 Å². The number of aromatic nitrogens is 1. The molecule has 10 heteroatoms. The Balaban J connectivity index is 1.54. The predicted octanol–water partition coefficient (Wildman–Crippen LogP) is 2.49. The lowest BCUT2D eigenvalue weighted by molar-refractivity contribution is 0.0746. The number of hydrogen-bond donors (Lipinski definition) is 0. The Kier molecular flexibility index (Phi) is 7.05. The molecule has 2 aromatic rings. The molecule has 2 aliphatic heterocycles. The number of hydrogen-bond acceptors (Lipinski definition) is 7. The van der Waals surface area contributed by atoms with Crippen LogP contribution in [0.15, 0.2) is 41.4 Å². The van der Waals surface area contributed by atoms with E-state index in [1.165, 1.54) is 17.5 Å². The number of sulfonamides is 1. The molecule has 0 radical (unpaired) electrons. The van der Waals surface area contributed by atoms with Gasteiger partial charge < -0.3 is 14.5 Å². The Morgan fingerprint density at radius 1 is 1.15 bits per heavy atom. The number of rotatable bonds is 5. The van der Waals surface area contributed by atoms with Crippen LogP contribution >= 0.6 is 0 Å². The zero-order valence-electron chi connectivity index (χ0n) is 19.5. The van der Waals surface area contributed by atoms with Gasteiger partial charge in [-0.1, -0.05) is 6.42 Å². The molecular weight excluding hydrogens is 454 g/mol. The third kappa shape index (κ3) is 4.58. The maximum absolute atomic E-state index is 13.5. The van der Waals surface area contributed by atoms with Crippen LogP contribution in [0, 0.1) is 11.3 Å². The summed E-state index contributed by atoms with van der Waals surface area (Å²) in [7, 11) is -2.37. The van der Waals surface area contributed by atoms with Gasteiger partial charge in [-0.05, 0) is 50.1 Å². The number of carbonyl (C=O) groups is 1. The van der Waals surface area contributed by atoms with Crippen LogP contribution < -0.4 is 9.64 Å². The molecular formula is C24H29N5O4S. The summed E-state index contributed by atoms with van der Waals surface area (Å²) >= 11 is 0. The normalized spacial score (nSPS) is 19.5. The summed E-state index contributed by atoms with van der Waals surface area (Å²) in [4.78, 5) is 21.3. The Hall–Kier alpha value is -3.16. The van der Waals surface area contributed by atoms with E-state index in [4.69, 9.17) is 4.74 Å². The second-order valence-corrected chi connectivity index (χ2v) is 10.5. The molecule has 9 nitrogen and oxygen atoms in total. The van der Waals surface area contributed by atoms with Crippen molar-refractivity contribution in [2.75, 3.05) is 44.7 Å². The summed E-state index contributed by atoms with van der Waals surface area (Å²) in [5.41, 5.74) is 0.812. The zero-order valence-corrected chi connectivity index (χ0v) is 20.3. The Morgan fingerprint density at radius 2 is 1.91 bits per heavy atom. The van der Waals surface area contributed by atoms with Gasteiger partial charge in [-0.15, -0.1) is 0 Å². The molecule has 0 N–H and O–H groups in total. The topological polar surface area (TPSA) is 107 Å². The molecule has 0 aliphatic carbocycles. The standard InChI is InChI=1S/C24H29N5O4S/c1-18-6-3-4-11-29(18)34(31,32)22-16-19(8-9-21(22)33-2)24(30)28-14-12-27(13-15-28)23-20(17-25)7-5-10-26-23/h5,7-10,16,18H,3-4,6,11-15H2,1-2H3. The first-order valence-electron chi connectivity index (χ1n) is 11.5. The molecule has 2 saturated heterocycles. The maximum atomic E-state index is 13.5. The van der Waals surface area contributed by atoms with Gasteiger partial charge in [0.1, 0.15) is 22.5 Å². The summed E-state index contributed by atoms with van der Waals surface area (Å²) in [6.07, 6.45) is 4.28. The van der Waals surface area contributed by atoms with Crippen LogP contribution in [0.4, 0.5) is 5.82 Å². The van der Waals surface area contributed by atoms with Crippen LogP contribution in [0.2, 0.25) is 0 Å². The maximum Gasteiger partial charge on any atom is 0.254 e. The predicted molar refractivity (Wildman–Crippen MR) is 127 cm³/mol. The second-order valence-electron chi connectivity index (χ2n) is 8.59. The average molecular weight is 484 g/mol. The molecule has 2 aliphatic rings. The van der Waals surface area contributed by atoms with E-state index in [1.54, 1.807) is 35.4 Å². The van der Waals surface area contributed by atoms with Gasteiger partial charge in [0.25, 0.3) is 5.91 Å². The summed E-state index contributed by atoms with van der Waals surface area (Å²) in [5, 5.41) is 9.34. The smallest absolute Gasteiger partial charge is 0.254 e. The summed E-state index contributed by atoms with van der Waals surface area (Å²) in [5.74, 6) is 0.621. The molecule has 0 saturated carbocycles. The zero-order chi connectivity index (χ0) is 24.3. The Morgan fingerprint density at radius 3 is 2.59 bits per heavy atom. The number of amides is 1. The SMILES string of the molecule is COc1ccc(C(=O)N2CCN(c3ncccc3C#N)CC2)cc1S(=O)(=O)N1CCCCC1C. The molecule has 1 atom stereocenters. The van der Waals surface area contributed by atoms with Gasteiger partial charge in [0.2, 0.25) is 10.0 Å². The van der Waals surface area contributed by atoms with Crippen molar-refractivity contribution in [2.45, 2.75) is 37.1 Å². The highest BCUT2D eigenvalue weighted by atomic mass is 32.2. The number of benzene rings is 1. The third-order valence-electron chi connectivity index (χ3n) is 6.51. The quantitative estimate of drug-likeness (QED) is 0.643. The van der Waals surface area contributed by atoms with Gasteiger partial charge in [-0.3, -0.25) is 4.79 Å². The fourth-order valence-corrected chi connectivity index (χ4v) is 6.49. The first kappa shape index (κ1) is 24.0. The summed E-state index contributed by atoms with van der Waals surface area (Å²) in [6.45, 7) is 4.32. The summed E-state index contributed by atoms with van der Waals surface area (Å²) in [6, 6.07) is 10.1. The number of piperazine rings is 1. The first-order chi connectivity index (χ1) is 16.4. The van der Waals surface area contributed by atoms with Crippen molar-refractivity contribution in [1.82, 2.24) is 14.2 Å². The fraction of sp³-hybridized carbons (Fsp3) is 0.458.